The second-order valence-electron chi connectivity index (χ2n) is 6.72. The van der Waals surface area contributed by atoms with Crippen molar-refractivity contribution in [3.8, 4) is 0 Å². The van der Waals surface area contributed by atoms with E-state index in [2.05, 4.69) is 38.3 Å². The predicted octanol–water partition coefficient (Wildman–Crippen LogP) is 3.75. The first-order valence-corrected chi connectivity index (χ1v) is 9.15. The molecule has 3 nitrogen and oxygen atoms in total. The third-order valence-corrected chi connectivity index (χ3v) is 5.79. The van der Waals surface area contributed by atoms with Gasteiger partial charge in [-0.2, -0.15) is 0 Å². The van der Waals surface area contributed by atoms with Gasteiger partial charge in [0.15, 0.2) is 0 Å². The summed E-state index contributed by atoms with van der Waals surface area (Å²) in [7, 11) is 2.01. The summed E-state index contributed by atoms with van der Waals surface area (Å²) in [4.78, 5) is 15.1. The average molecular weight is 402 g/mol. The number of piperidine rings is 1. The number of nitrogens with zero attached hydrogens (tertiary/aromatic N) is 1. The van der Waals surface area contributed by atoms with Crippen LogP contribution in [0.15, 0.2) is 28.7 Å². The lowest BCUT2D eigenvalue weighted by atomic mass is 9.90. The Morgan fingerprint density at radius 2 is 1.87 bits per heavy atom. The van der Waals surface area contributed by atoms with Crippen LogP contribution in [0, 0.1) is 5.92 Å². The second kappa shape index (κ2) is 8.00. The van der Waals surface area contributed by atoms with Crippen LogP contribution in [0.1, 0.15) is 37.7 Å². The lowest BCUT2D eigenvalue weighted by Crippen LogP contribution is -2.44. The minimum absolute atomic E-state index is 0. The van der Waals surface area contributed by atoms with Gasteiger partial charge in [-0.25, -0.2) is 0 Å². The highest BCUT2D eigenvalue weighted by Gasteiger charge is 2.53. The third-order valence-electron chi connectivity index (χ3n) is 5.26. The van der Waals surface area contributed by atoms with Crippen molar-refractivity contribution in [3.05, 3.63) is 34.3 Å². The maximum absolute atomic E-state index is 13.0. The first-order valence-electron chi connectivity index (χ1n) is 8.36. The molecule has 0 atom stereocenters. The number of carbonyl (C=O) groups excluding carboxylic acids is 1. The maximum atomic E-state index is 13.0. The Labute approximate surface area is 153 Å². The fourth-order valence-electron chi connectivity index (χ4n) is 3.60. The van der Waals surface area contributed by atoms with Gasteiger partial charge in [-0.05, 0) is 69.3 Å². The zero-order valence-electron chi connectivity index (χ0n) is 13.7. The van der Waals surface area contributed by atoms with Gasteiger partial charge in [-0.3, -0.25) is 4.79 Å². The largest absolute Gasteiger partial charge is 0.342 e. The quantitative estimate of drug-likeness (QED) is 0.815. The predicted molar refractivity (Wildman–Crippen MR) is 100 cm³/mol. The summed E-state index contributed by atoms with van der Waals surface area (Å²) >= 11 is 3.47. The Balaban J connectivity index is 0.00000192. The summed E-state index contributed by atoms with van der Waals surface area (Å²) in [6.07, 6.45) is 5.56. The molecule has 2 aliphatic rings. The smallest absolute Gasteiger partial charge is 0.233 e. The molecule has 1 aromatic carbocycles. The Morgan fingerprint density at radius 1 is 1.26 bits per heavy atom. The van der Waals surface area contributed by atoms with Gasteiger partial charge in [0.1, 0.15) is 0 Å². The molecule has 2 fully saturated rings. The molecule has 128 valence electrons. The third kappa shape index (κ3) is 4.09. The molecule has 1 amide bonds. The van der Waals surface area contributed by atoms with Crippen LogP contribution in [0.4, 0.5) is 0 Å². The number of hydrogen-bond donors (Lipinski definition) is 1. The van der Waals surface area contributed by atoms with E-state index in [0.717, 1.165) is 55.7 Å². The number of nitrogens with one attached hydrogen (secondary N) is 1. The van der Waals surface area contributed by atoms with Crippen molar-refractivity contribution < 1.29 is 4.79 Å². The number of hydrogen-bond acceptors (Lipinski definition) is 2. The van der Waals surface area contributed by atoms with E-state index in [1.807, 2.05) is 19.2 Å². The van der Waals surface area contributed by atoms with Crippen LogP contribution in [0.2, 0.25) is 0 Å². The van der Waals surface area contributed by atoms with Gasteiger partial charge in [-0.15, -0.1) is 12.4 Å². The molecule has 1 saturated heterocycles. The minimum atomic E-state index is -0.210. The normalized spacial score (nSPS) is 20.0. The standard InChI is InChI=1S/C18H25BrN2O.ClH/c1-20-11-6-14-7-12-21(13-8-14)17(22)18(9-10-18)15-2-4-16(19)5-3-15;/h2-5,14,20H,6-13H2,1H3;1H. The van der Waals surface area contributed by atoms with Crippen molar-refractivity contribution in [3.63, 3.8) is 0 Å². The monoisotopic (exact) mass is 400 g/mol. The summed E-state index contributed by atoms with van der Waals surface area (Å²) in [5.41, 5.74) is 0.983. The number of benzene rings is 1. The van der Waals surface area contributed by atoms with Crippen LogP contribution in [0.3, 0.4) is 0 Å². The van der Waals surface area contributed by atoms with Crippen molar-refractivity contribution in [2.45, 2.75) is 37.5 Å². The molecule has 0 aromatic heterocycles. The van der Waals surface area contributed by atoms with Gasteiger partial charge in [-0.1, -0.05) is 28.1 Å². The highest BCUT2D eigenvalue weighted by atomic mass is 79.9. The SMILES string of the molecule is CNCCC1CCN(C(=O)C2(c3ccc(Br)cc3)CC2)CC1.Cl. The lowest BCUT2D eigenvalue weighted by Gasteiger charge is -2.34. The summed E-state index contributed by atoms with van der Waals surface area (Å²) in [6, 6.07) is 8.31. The van der Waals surface area contributed by atoms with E-state index < -0.39 is 0 Å². The van der Waals surface area contributed by atoms with Gasteiger partial charge in [0.2, 0.25) is 5.91 Å². The van der Waals surface area contributed by atoms with E-state index in [0.29, 0.717) is 5.91 Å². The van der Waals surface area contributed by atoms with Crippen molar-refractivity contribution in [2.24, 2.45) is 5.92 Å². The highest BCUT2D eigenvalue weighted by Crippen LogP contribution is 2.50. The topological polar surface area (TPSA) is 32.3 Å². The van der Waals surface area contributed by atoms with Gasteiger partial charge in [0.25, 0.3) is 0 Å². The Morgan fingerprint density at radius 3 is 2.39 bits per heavy atom. The van der Waals surface area contributed by atoms with E-state index >= 15 is 0 Å². The van der Waals surface area contributed by atoms with Crippen LogP contribution in [0.25, 0.3) is 0 Å². The number of likely N-dealkylation sites (tertiary alicyclic amines) is 1. The van der Waals surface area contributed by atoms with E-state index in [1.54, 1.807) is 0 Å². The van der Waals surface area contributed by atoms with Crippen LogP contribution in [-0.2, 0) is 10.2 Å². The van der Waals surface area contributed by atoms with Crippen molar-refractivity contribution >= 4 is 34.2 Å². The summed E-state index contributed by atoms with van der Waals surface area (Å²) in [5, 5.41) is 3.22. The number of carbonyl (C=O) groups is 1. The average Bonchev–Trinajstić information content (AvgIpc) is 3.35. The first-order chi connectivity index (χ1) is 10.7. The second-order valence-corrected chi connectivity index (χ2v) is 7.63. The Bertz CT molecular complexity index is 522. The van der Waals surface area contributed by atoms with Gasteiger partial charge >= 0.3 is 0 Å². The molecule has 1 aliphatic carbocycles. The number of amides is 1. The van der Waals surface area contributed by atoms with E-state index in [4.69, 9.17) is 0 Å². The van der Waals surface area contributed by atoms with Crippen molar-refractivity contribution in [1.82, 2.24) is 10.2 Å². The first kappa shape index (κ1) is 18.8. The number of halogens is 2. The molecule has 1 saturated carbocycles. The fraction of sp³-hybridized carbons (Fsp3) is 0.611. The maximum Gasteiger partial charge on any atom is 0.233 e. The zero-order chi connectivity index (χ0) is 15.6. The Kier molecular flexibility index (Phi) is 6.52. The molecule has 1 aromatic rings. The molecule has 1 N–H and O–H groups in total. The highest BCUT2D eigenvalue weighted by molar-refractivity contribution is 9.10. The van der Waals surface area contributed by atoms with E-state index in [9.17, 15) is 4.79 Å². The summed E-state index contributed by atoms with van der Waals surface area (Å²) < 4.78 is 1.07. The molecule has 0 radical (unpaired) electrons. The summed E-state index contributed by atoms with van der Waals surface area (Å²) in [6.45, 7) is 2.96. The number of rotatable bonds is 5. The molecule has 1 aliphatic heterocycles. The molecule has 3 rings (SSSR count). The van der Waals surface area contributed by atoms with Crippen LogP contribution < -0.4 is 5.32 Å². The zero-order valence-corrected chi connectivity index (χ0v) is 16.1. The van der Waals surface area contributed by atoms with Crippen molar-refractivity contribution in [2.75, 3.05) is 26.7 Å². The van der Waals surface area contributed by atoms with Crippen LogP contribution in [0.5, 0.6) is 0 Å². The lowest BCUT2D eigenvalue weighted by molar-refractivity contribution is -0.135. The van der Waals surface area contributed by atoms with E-state index in [-0.39, 0.29) is 17.8 Å². The molecule has 0 bridgehead atoms. The fourth-order valence-corrected chi connectivity index (χ4v) is 3.86. The van der Waals surface area contributed by atoms with Crippen LogP contribution in [-0.4, -0.2) is 37.5 Å². The van der Waals surface area contributed by atoms with Gasteiger partial charge < -0.3 is 10.2 Å². The molecule has 5 heteroatoms. The molecule has 1 heterocycles. The molecule has 0 unspecified atom stereocenters. The molecule has 0 spiro atoms. The van der Waals surface area contributed by atoms with Gasteiger partial charge in [0.05, 0.1) is 5.41 Å². The molecule has 23 heavy (non-hydrogen) atoms. The summed E-state index contributed by atoms with van der Waals surface area (Å²) in [5.74, 6) is 1.14. The van der Waals surface area contributed by atoms with Crippen molar-refractivity contribution in [1.29, 1.82) is 0 Å². The minimum Gasteiger partial charge on any atom is -0.342 e. The molecular weight excluding hydrogens is 376 g/mol. The molecular formula is C18H26BrClN2O. The Hall–Kier alpha value is -0.580. The van der Waals surface area contributed by atoms with Gasteiger partial charge in [0, 0.05) is 17.6 Å². The van der Waals surface area contributed by atoms with E-state index in [1.165, 1.54) is 12.0 Å². The van der Waals surface area contributed by atoms with Crippen LogP contribution >= 0.6 is 28.3 Å².